The maximum atomic E-state index is 3.79. The first-order valence-electron chi connectivity index (χ1n) is 3.65. The average Bonchev–Trinajstić information content (AvgIpc) is 1.87. The fourth-order valence-electron chi connectivity index (χ4n) is 0.650. The molecule has 0 rings (SSSR count). The van der Waals surface area contributed by atoms with Crippen LogP contribution in [-0.4, -0.2) is 18.6 Å². The van der Waals surface area contributed by atoms with Gasteiger partial charge in [0.25, 0.3) is 0 Å². The number of rotatable bonds is 4. The fourth-order valence-corrected chi connectivity index (χ4v) is 1.95. The molecule has 0 saturated heterocycles. The van der Waals surface area contributed by atoms with Gasteiger partial charge in [-0.05, 0) is 31.3 Å². The van der Waals surface area contributed by atoms with Crippen molar-refractivity contribution >= 4 is 10.2 Å². The first-order valence-corrected chi connectivity index (χ1v) is 6.16. The molecule has 0 bridgehead atoms. The molecule has 0 aromatic rings. The molecule has 0 aliphatic rings. The highest BCUT2D eigenvalue weighted by Gasteiger charge is 2.08. The molecule has 0 aromatic carbocycles. The van der Waals surface area contributed by atoms with Gasteiger partial charge in [-0.1, -0.05) is 13.5 Å². The van der Waals surface area contributed by atoms with E-state index < -0.39 is 10.2 Å². The quantitative estimate of drug-likeness (QED) is 0.668. The van der Waals surface area contributed by atoms with Crippen LogP contribution in [0.4, 0.5) is 0 Å². The summed E-state index contributed by atoms with van der Waals surface area (Å²) in [6.45, 7) is 8.19. The van der Waals surface area contributed by atoms with Crippen LogP contribution in [0, 0.1) is 0 Å². The molecule has 0 aromatic heterocycles. The Balaban J connectivity index is 3.75. The van der Waals surface area contributed by atoms with Crippen molar-refractivity contribution in [3.63, 3.8) is 0 Å². The van der Waals surface area contributed by atoms with Crippen molar-refractivity contribution < 1.29 is 0 Å². The zero-order chi connectivity index (χ0) is 8.20. The van der Waals surface area contributed by atoms with Crippen LogP contribution < -0.4 is 4.72 Å². The van der Waals surface area contributed by atoms with Crippen LogP contribution in [0.1, 0.15) is 20.3 Å². The Kier molecular flexibility index (Phi) is 4.06. The van der Waals surface area contributed by atoms with Crippen molar-refractivity contribution in [1.29, 1.82) is 0 Å². The van der Waals surface area contributed by atoms with E-state index in [2.05, 4.69) is 37.7 Å². The Hall–Kier alpha value is 0.0500. The molecule has 0 fully saturated rings. The Labute approximate surface area is 66.3 Å². The van der Waals surface area contributed by atoms with Gasteiger partial charge in [0, 0.05) is 6.04 Å². The summed E-state index contributed by atoms with van der Waals surface area (Å²) < 4.78 is 3.52. The molecule has 0 saturated carbocycles. The normalized spacial score (nSPS) is 16.4. The smallest absolute Gasteiger partial charge is 0.0129 e. The van der Waals surface area contributed by atoms with Gasteiger partial charge in [0.15, 0.2) is 0 Å². The molecule has 62 valence electrons. The summed E-state index contributed by atoms with van der Waals surface area (Å²) in [5.41, 5.74) is 0. The van der Waals surface area contributed by atoms with Crippen molar-refractivity contribution in [2.24, 2.45) is 0 Å². The third-order valence-corrected chi connectivity index (χ3v) is 3.38. The molecule has 0 aliphatic carbocycles. The third-order valence-electron chi connectivity index (χ3n) is 1.53. The van der Waals surface area contributed by atoms with Crippen LogP contribution in [0.25, 0.3) is 0 Å². The van der Waals surface area contributed by atoms with Gasteiger partial charge in [0.1, 0.15) is 0 Å². The minimum atomic E-state index is -0.717. The lowest BCUT2D eigenvalue weighted by molar-refractivity contribution is 0.665. The summed E-state index contributed by atoms with van der Waals surface area (Å²) in [4.78, 5) is 0. The lowest BCUT2D eigenvalue weighted by Gasteiger charge is -2.31. The lowest BCUT2D eigenvalue weighted by atomic mass is 10.3. The Morgan fingerprint density at radius 3 is 2.40 bits per heavy atom. The fraction of sp³-hybridized carbons (Fsp3) is 0.750. The predicted octanol–water partition coefficient (Wildman–Crippen LogP) is 2.50. The van der Waals surface area contributed by atoms with Gasteiger partial charge in [0.05, 0.1) is 0 Å². The number of hydrogen-bond acceptors (Lipinski definition) is 1. The van der Waals surface area contributed by atoms with E-state index in [-0.39, 0.29) is 0 Å². The SMILES string of the molecule is C=CS(C)(C)NC(C)CC. The summed E-state index contributed by atoms with van der Waals surface area (Å²) in [7, 11) is -0.717. The third kappa shape index (κ3) is 3.96. The van der Waals surface area contributed by atoms with E-state index in [9.17, 15) is 0 Å². The second-order valence-electron chi connectivity index (χ2n) is 3.00. The van der Waals surface area contributed by atoms with E-state index in [1.807, 2.05) is 5.41 Å². The molecule has 1 nitrogen and oxygen atoms in total. The van der Waals surface area contributed by atoms with Gasteiger partial charge >= 0.3 is 0 Å². The summed E-state index contributed by atoms with van der Waals surface area (Å²) in [5, 5.41) is 2.03. The monoisotopic (exact) mass is 161 g/mol. The predicted molar refractivity (Wildman–Crippen MR) is 52.5 cm³/mol. The number of nitrogens with one attached hydrogen (secondary N) is 1. The maximum Gasteiger partial charge on any atom is 0.0129 e. The van der Waals surface area contributed by atoms with E-state index >= 15 is 0 Å². The van der Waals surface area contributed by atoms with E-state index in [1.54, 1.807) is 0 Å². The van der Waals surface area contributed by atoms with E-state index in [4.69, 9.17) is 0 Å². The second-order valence-corrected chi connectivity index (χ2v) is 6.38. The topological polar surface area (TPSA) is 12.0 Å². The Morgan fingerprint density at radius 2 is 2.10 bits per heavy atom. The highest BCUT2D eigenvalue weighted by Crippen LogP contribution is 2.36. The lowest BCUT2D eigenvalue weighted by Crippen LogP contribution is -2.26. The summed E-state index contributed by atoms with van der Waals surface area (Å²) in [6, 6.07) is 0.614. The van der Waals surface area contributed by atoms with Gasteiger partial charge in [-0.2, -0.15) is 10.2 Å². The van der Waals surface area contributed by atoms with Crippen molar-refractivity contribution in [1.82, 2.24) is 4.72 Å². The van der Waals surface area contributed by atoms with Gasteiger partial charge in [-0.15, -0.1) is 0 Å². The van der Waals surface area contributed by atoms with Gasteiger partial charge < -0.3 is 0 Å². The van der Waals surface area contributed by atoms with Crippen LogP contribution in [0.15, 0.2) is 12.0 Å². The summed E-state index contributed by atoms with van der Waals surface area (Å²) in [6.07, 6.45) is 5.61. The van der Waals surface area contributed by atoms with Gasteiger partial charge in [-0.25, -0.2) is 0 Å². The van der Waals surface area contributed by atoms with Crippen LogP contribution in [0.5, 0.6) is 0 Å². The zero-order valence-electron chi connectivity index (χ0n) is 7.48. The first-order chi connectivity index (χ1) is 4.52. The number of hydrogen-bond donors (Lipinski definition) is 1. The average molecular weight is 161 g/mol. The van der Waals surface area contributed by atoms with Crippen LogP contribution in [-0.2, 0) is 0 Å². The molecule has 0 amide bonds. The molecule has 0 aliphatic heterocycles. The van der Waals surface area contributed by atoms with Crippen molar-refractivity contribution in [2.45, 2.75) is 26.3 Å². The van der Waals surface area contributed by atoms with E-state index in [0.717, 1.165) is 0 Å². The second kappa shape index (κ2) is 4.04. The van der Waals surface area contributed by atoms with Gasteiger partial charge in [-0.3, -0.25) is 4.72 Å². The highest BCUT2D eigenvalue weighted by atomic mass is 32.3. The molecular formula is C8H19NS. The van der Waals surface area contributed by atoms with E-state index in [1.165, 1.54) is 6.42 Å². The maximum absolute atomic E-state index is 3.79. The molecular weight excluding hydrogens is 142 g/mol. The zero-order valence-corrected chi connectivity index (χ0v) is 8.29. The Morgan fingerprint density at radius 1 is 1.60 bits per heavy atom. The standard InChI is InChI=1S/C8H19NS/c1-6-8(3)9-10(4,5)7-2/h7-9H,2,6H2,1,3-5H3. The largest absolute Gasteiger partial charge is 0.275 e. The molecule has 0 spiro atoms. The summed E-state index contributed by atoms with van der Waals surface area (Å²) in [5.74, 6) is 0. The minimum Gasteiger partial charge on any atom is -0.275 e. The van der Waals surface area contributed by atoms with Crippen molar-refractivity contribution in [2.75, 3.05) is 12.5 Å². The van der Waals surface area contributed by atoms with Crippen LogP contribution in [0.2, 0.25) is 0 Å². The molecule has 1 unspecified atom stereocenters. The summed E-state index contributed by atoms with van der Waals surface area (Å²) >= 11 is 0. The van der Waals surface area contributed by atoms with E-state index in [0.29, 0.717) is 6.04 Å². The molecule has 2 heteroatoms. The van der Waals surface area contributed by atoms with Crippen molar-refractivity contribution in [3.05, 3.63) is 12.0 Å². The van der Waals surface area contributed by atoms with Crippen LogP contribution in [0.3, 0.4) is 0 Å². The molecule has 1 N–H and O–H groups in total. The molecule has 0 heterocycles. The van der Waals surface area contributed by atoms with Crippen molar-refractivity contribution in [3.8, 4) is 0 Å². The molecule has 0 radical (unpaired) electrons. The first kappa shape index (κ1) is 10.0. The Bertz CT molecular complexity index is 110. The molecule has 10 heavy (non-hydrogen) atoms. The van der Waals surface area contributed by atoms with Gasteiger partial charge in [0.2, 0.25) is 0 Å². The van der Waals surface area contributed by atoms with Crippen LogP contribution >= 0.6 is 10.2 Å². The highest BCUT2D eigenvalue weighted by molar-refractivity contribution is 8.33. The minimum absolute atomic E-state index is 0.614. The molecule has 1 atom stereocenters.